The molecule has 3 rings (SSSR count). The van der Waals surface area contributed by atoms with Crippen molar-refractivity contribution in [3.8, 4) is 0 Å². The number of aryl methyl sites for hydroxylation is 2. The lowest BCUT2D eigenvalue weighted by Crippen LogP contribution is -2.39. The van der Waals surface area contributed by atoms with Crippen molar-refractivity contribution in [1.29, 1.82) is 0 Å². The Labute approximate surface area is 127 Å². The summed E-state index contributed by atoms with van der Waals surface area (Å²) >= 11 is 1.32. The topological polar surface area (TPSA) is 80.9 Å². The Hall–Kier alpha value is -1.69. The largest absolute Gasteiger partial charge is 0.397 e. The van der Waals surface area contributed by atoms with Gasteiger partial charge in [0.1, 0.15) is 9.71 Å². The highest BCUT2D eigenvalue weighted by Gasteiger charge is 2.32. The Morgan fingerprint density at radius 1 is 1.38 bits per heavy atom. The molecule has 21 heavy (non-hydrogen) atoms. The molecule has 2 aromatic rings. The van der Waals surface area contributed by atoms with Crippen molar-refractivity contribution in [2.45, 2.75) is 40.0 Å². The summed E-state index contributed by atoms with van der Waals surface area (Å²) in [4.78, 5) is 13.7. The Balaban J connectivity index is 1.88. The van der Waals surface area contributed by atoms with Gasteiger partial charge in [0.25, 0.3) is 5.91 Å². The van der Waals surface area contributed by atoms with Gasteiger partial charge in [-0.05, 0) is 37.7 Å². The number of rotatable bonds is 3. The number of nitrogens with two attached hydrogens (primary N) is 1. The zero-order chi connectivity index (χ0) is 15.2. The molecule has 0 saturated heterocycles. The summed E-state index contributed by atoms with van der Waals surface area (Å²) in [5, 5.41) is 12.1. The van der Waals surface area contributed by atoms with Gasteiger partial charge in [-0.1, -0.05) is 13.3 Å². The first-order chi connectivity index (χ1) is 9.91. The maximum atomic E-state index is 12.4. The number of nitrogens with one attached hydrogen (secondary N) is 1. The van der Waals surface area contributed by atoms with Crippen molar-refractivity contribution >= 4 is 33.1 Å². The van der Waals surface area contributed by atoms with Crippen LogP contribution in [0, 0.1) is 19.3 Å². The predicted octanol–water partition coefficient (Wildman–Crippen LogP) is 2.81. The molecule has 1 aliphatic rings. The standard InChI is InChI=1S/C15H20N4OS/c1-8-9(2)18-19-14-10(8)11(16)12(21-14)13(20)17-7-15(3)5-4-6-15/h4-7,16H2,1-3H3,(H,17,20). The van der Waals surface area contributed by atoms with Crippen LogP contribution in [-0.4, -0.2) is 22.6 Å². The predicted molar refractivity (Wildman–Crippen MR) is 85.6 cm³/mol. The molecule has 0 aromatic carbocycles. The summed E-state index contributed by atoms with van der Waals surface area (Å²) in [5.41, 5.74) is 8.81. The molecule has 0 unspecified atom stereocenters. The lowest BCUT2D eigenvalue weighted by atomic mass is 9.70. The van der Waals surface area contributed by atoms with Crippen LogP contribution in [0.3, 0.4) is 0 Å². The molecular formula is C15H20N4OS. The average molecular weight is 304 g/mol. The molecule has 0 spiro atoms. The van der Waals surface area contributed by atoms with Crippen LogP contribution in [0.15, 0.2) is 0 Å². The molecule has 2 aromatic heterocycles. The van der Waals surface area contributed by atoms with Crippen molar-refractivity contribution in [2.75, 3.05) is 12.3 Å². The van der Waals surface area contributed by atoms with E-state index in [0.717, 1.165) is 21.5 Å². The van der Waals surface area contributed by atoms with Crippen LogP contribution in [0.25, 0.3) is 10.2 Å². The fourth-order valence-corrected chi connectivity index (χ4v) is 3.76. The molecule has 1 aliphatic carbocycles. The van der Waals surface area contributed by atoms with Gasteiger partial charge in [0, 0.05) is 11.9 Å². The van der Waals surface area contributed by atoms with E-state index in [4.69, 9.17) is 5.73 Å². The number of nitrogens with zero attached hydrogens (tertiary/aromatic N) is 2. The summed E-state index contributed by atoms with van der Waals surface area (Å²) in [6.45, 7) is 6.79. The fraction of sp³-hybridized carbons (Fsp3) is 0.533. The Morgan fingerprint density at radius 2 is 2.10 bits per heavy atom. The van der Waals surface area contributed by atoms with Crippen LogP contribution in [0.5, 0.6) is 0 Å². The van der Waals surface area contributed by atoms with Gasteiger partial charge in [0.15, 0.2) is 0 Å². The first-order valence-corrected chi connectivity index (χ1v) is 8.03. The van der Waals surface area contributed by atoms with E-state index in [1.807, 2.05) is 13.8 Å². The lowest BCUT2D eigenvalue weighted by Gasteiger charge is -2.38. The number of carbonyl (C=O) groups excluding carboxylic acids is 1. The SMILES string of the molecule is Cc1nnc2sc(C(=O)NCC3(C)CCC3)c(N)c2c1C. The number of nitrogen functional groups attached to an aromatic ring is 1. The van der Waals surface area contributed by atoms with Crippen molar-refractivity contribution in [1.82, 2.24) is 15.5 Å². The summed E-state index contributed by atoms with van der Waals surface area (Å²) < 4.78 is 0. The first-order valence-electron chi connectivity index (χ1n) is 7.21. The van der Waals surface area contributed by atoms with Crippen LogP contribution in [0.2, 0.25) is 0 Å². The highest BCUT2D eigenvalue weighted by atomic mass is 32.1. The minimum Gasteiger partial charge on any atom is -0.397 e. The van der Waals surface area contributed by atoms with Crippen LogP contribution in [0.1, 0.15) is 47.1 Å². The molecule has 112 valence electrons. The summed E-state index contributed by atoms with van der Waals surface area (Å²) in [5.74, 6) is -0.0966. The number of amides is 1. The zero-order valence-corrected chi connectivity index (χ0v) is 13.4. The van der Waals surface area contributed by atoms with E-state index >= 15 is 0 Å². The van der Waals surface area contributed by atoms with E-state index in [9.17, 15) is 4.79 Å². The minimum atomic E-state index is -0.0966. The fourth-order valence-electron chi connectivity index (χ4n) is 2.74. The van der Waals surface area contributed by atoms with E-state index in [1.165, 1.54) is 30.6 Å². The molecule has 6 heteroatoms. The van der Waals surface area contributed by atoms with Crippen LogP contribution >= 0.6 is 11.3 Å². The zero-order valence-electron chi connectivity index (χ0n) is 12.6. The smallest absolute Gasteiger partial charge is 0.263 e. The Bertz CT molecular complexity index is 718. The second-order valence-electron chi connectivity index (χ2n) is 6.28. The van der Waals surface area contributed by atoms with Crippen LogP contribution in [-0.2, 0) is 0 Å². The molecule has 0 atom stereocenters. The Morgan fingerprint density at radius 3 is 2.71 bits per heavy atom. The van der Waals surface area contributed by atoms with Gasteiger partial charge in [-0.3, -0.25) is 4.79 Å². The quantitative estimate of drug-likeness (QED) is 0.913. The monoisotopic (exact) mass is 304 g/mol. The number of carbonyl (C=O) groups is 1. The highest BCUT2D eigenvalue weighted by Crippen LogP contribution is 2.40. The van der Waals surface area contributed by atoms with Gasteiger partial charge in [-0.25, -0.2) is 0 Å². The van der Waals surface area contributed by atoms with Gasteiger partial charge in [-0.2, -0.15) is 5.10 Å². The number of thiophene rings is 1. The molecular weight excluding hydrogens is 284 g/mol. The van der Waals surface area contributed by atoms with E-state index in [2.05, 4.69) is 22.4 Å². The molecule has 2 heterocycles. The van der Waals surface area contributed by atoms with Crippen molar-refractivity contribution in [3.05, 3.63) is 16.1 Å². The van der Waals surface area contributed by atoms with Gasteiger partial charge >= 0.3 is 0 Å². The van der Waals surface area contributed by atoms with Gasteiger partial charge in [-0.15, -0.1) is 16.4 Å². The van der Waals surface area contributed by atoms with E-state index in [1.54, 1.807) is 0 Å². The molecule has 3 N–H and O–H groups in total. The highest BCUT2D eigenvalue weighted by molar-refractivity contribution is 7.21. The van der Waals surface area contributed by atoms with Crippen molar-refractivity contribution in [2.24, 2.45) is 5.41 Å². The lowest BCUT2D eigenvalue weighted by molar-refractivity contribution is 0.0895. The second-order valence-corrected chi connectivity index (χ2v) is 7.28. The normalized spacial score (nSPS) is 16.7. The first kappa shape index (κ1) is 14.3. The molecule has 1 saturated carbocycles. The summed E-state index contributed by atoms with van der Waals surface area (Å²) in [7, 11) is 0. The third kappa shape index (κ3) is 2.37. The van der Waals surface area contributed by atoms with Gasteiger partial charge < -0.3 is 11.1 Å². The third-order valence-corrected chi connectivity index (χ3v) is 5.67. The van der Waals surface area contributed by atoms with Crippen molar-refractivity contribution in [3.63, 3.8) is 0 Å². The van der Waals surface area contributed by atoms with E-state index < -0.39 is 0 Å². The molecule has 0 aliphatic heterocycles. The number of aromatic nitrogens is 2. The molecule has 5 nitrogen and oxygen atoms in total. The summed E-state index contributed by atoms with van der Waals surface area (Å²) in [6.07, 6.45) is 3.61. The number of fused-ring (bicyclic) bond motifs is 1. The third-order valence-electron chi connectivity index (χ3n) is 4.58. The van der Waals surface area contributed by atoms with Crippen LogP contribution in [0.4, 0.5) is 5.69 Å². The molecule has 0 radical (unpaired) electrons. The molecule has 1 fully saturated rings. The second kappa shape index (κ2) is 4.94. The number of hydrogen-bond donors (Lipinski definition) is 2. The maximum absolute atomic E-state index is 12.4. The minimum absolute atomic E-state index is 0.0966. The molecule has 0 bridgehead atoms. The van der Waals surface area contributed by atoms with Gasteiger partial charge in [0.2, 0.25) is 0 Å². The van der Waals surface area contributed by atoms with Crippen molar-refractivity contribution < 1.29 is 4.79 Å². The number of hydrogen-bond acceptors (Lipinski definition) is 5. The summed E-state index contributed by atoms with van der Waals surface area (Å²) in [6, 6.07) is 0. The average Bonchev–Trinajstić information content (AvgIpc) is 2.76. The van der Waals surface area contributed by atoms with E-state index in [-0.39, 0.29) is 11.3 Å². The molecule has 1 amide bonds. The maximum Gasteiger partial charge on any atom is 0.263 e. The van der Waals surface area contributed by atoms with Crippen LogP contribution < -0.4 is 11.1 Å². The van der Waals surface area contributed by atoms with E-state index in [0.29, 0.717) is 17.1 Å². The van der Waals surface area contributed by atoms with Gasteiger partial charge in [0.05, 0.1) is 11.4 Å². The Kier molecular flexibility index (Phi) is 3.36. The number of anilines is 1.